The van der Waals surface area contributed by atoms with E-state index in [1.807, 2.05) is 0 Å². The van der Waals surface area contributed by atoms with Crippen LogP contribution in [0.2, 0.25) is 0 Å². The molecule has 0 bridgehead atoms. The van der Waals surface area contributed by atoms with Gasteiger partial charge in [0.15, 0.2) is 11.6 Å². The van der Waals surface area contributed by atoms with Crippen molar-refractivity contribution in [1.29, 1.82) is 0 Å². The summed E-state index contributed by atoms with van der Waals surface area (Å²) >= 11 is 0. The summed E-state index contributed by atoms with van der Waals surface area (Å²) in [6.45, 7) is 1.93. The lowest BCUT2D eigenvalue weighted by molar-refractivity contribution is -0.142. The van der Waals surface area contributed by atoms with Gasteiger partial charge in [-0.25, -0.2) is 8.78 Å². The van der Waals surface area contributed by atoms with Crippen LogP contribution < -0.4 is 0 Å². The number of esters is 1. The lowest BCUT2D eigenvalue weighted by atomic mass is 10.2. The van der Waals surface area contributed by atoms with Crippen LogP contribution in [0.1, 0.15) is 12.8 Å². The predicted molar refractivity (Wildman–Crippen MR) is 60.0 cm³/mol. The Balaban J connectivity index is 2.16. The first-order chi connectivity index (χ1) is 9.10. The van der Waals surface area contributed by atoms with Gasteiger partial charge in [-0.1, -0.05) is 5.16 Å². The van der Waals surface area contributed by atoms with Crippen LogP contribution in [-0.2, 0) is 16.0 Å². The summed E-state index contributed by atoms with van der Waals surface area (Å²) in [7, 11) is 0. The molecule has 7 heteroatoms. The fraction of sp³-hybridized carbons (Fsp3) is 0.250. The van der Waals surface area contributed by atoms with Crippen molar-refractivity contribution >= 4 is 5.97 Å². The van der Waals surface area contributed by atoms with Gasteiger partial charge in [-0.15, -0.1) is 0 Å². The second kappa shape index (κ2) is 5.55. The van der Waals surface area contributed by atoms with Crippen molar-refractivity contribution in [3.05, 3.63) is 35.7 Å². The molecule has 0 N–H and O–H groups in total. The molecule has 5 nitrogen and oxygen atoms in total. The van der Waals surface area contributed by atoms with Crippen LogP contribution in [0.25, 0.3) is 11.4 Å². The van der Waals surface area contributed by atoms with Crippen LogP contribution in [0.3, 0.4) is 0 Å². The molecule has 0 aliphatic rings. The molecule has 0 aliphatic carbocycles. The van der Waals surface area contributed by atoms with E-state index in [4.69, 9.17) is 9.26 Å². The minimum absolute atomic E-state index is 0.0539. The molecule has 1 heterocycles. The molecule has 0 aliphatic heterocycles. The first kappa shape index (κ1) is 13.1. The van der Waals surface area contributed by atoms with Gasteiger partial charge in [0.25, 0.3) is 0 Å². The number of hydrogen-bond acceptors (Lipinski definition) is 5. The Morgan fingerprint density at radius 1 is 1.37 bits per heavy atom. The minimum Gasteiger partial charge on any atom is -0.466 e. The molecule has 0 radical (unpaired) electrons. The van der Waals surface area contributed by atoms with E-state index in [0.717, 1.165) is 12.1 Å². The largest absolute Gasteiger partial charge is 0.466 e. The van der Waals surface area contributed by atoms with Crippen molar-refractivity contribution in [1.82, 2.24) is 10.1 Å². The smallest absolute Gasteiger partial charge is 0.315 e. The Labute approximate surface area is 107 Å². The van der Waals surface area contributed by atoms with E-state index in [0.29, 0.717) is 0 Å². The van der Waals surface area contributed by atoms with E-state index in [9.17, 15) is 13.6 Å². The summed E-state index contributed by atoms with van der Waals surface area (Å²) in [6, 6.07) is 3.23. The summed E-state index contributed by atoms with van der Waals surface area (Å²) < 4.78 is 35.4. The fourth-order valence-electron chi connectivity index (χ4n) is 1.41. The van der Waals surface area contributed by atoms with Crippen LogP contribution in [0, 0.1) is 11.6 Å². The summed E-state index contributed by atoms with van der Waals surface area (Å²) in [5.74, 6) is -2.33. The normalized spacial score (nSPS) is 10.5. The van der Waals surface area contributed by atoms with E-state index in [1.165, 1.54) is 6.07 Å². The third-order valence-electron chi connectivity index (χ3n) is 2.25. The van der Waals surface area contributed by atoms with Crippen molar-refractivity contribution in [2.75, 3.05) is 6.61 Å². The van der Waals surface area contributed by atoms with Crippen molar-refractivity contribution in [2.24, 2.45) is 0 Å². The zero-order valence-corrected chi connectivity index (χ0v) is 10.0. The van der Waals surface area contributed by atoms with Crippen molar-refractivity contribution in [3.8, 4) is 11.4 Å². The molecule has 0 unspecified atom stereocenters. The van der Waals surface area contributed by atoms with Gasteiger partial charge in [0.1, 0.15) is 6.42 Å². The van der Waals surface area contributed by atoms with E-state index >= 15 is 0 Å². The number of ether oxygens (including phenoxy) is 1. The first-order valence-electron chi connectivity index (χ1n) is 5.53. The van der Waals surface area contributed by atoms with Crippen LogP contribution in [0.5, 0.6) is 0 Å². The average Bonchev–Trinajstić information content (AvgIpc) is 2.81. The molecule has 100 valence electrons. The molecule has 0 atom stereocenters. The molecule has 0 fully saturated rings. The van der Waals surface area contributed by atoms with Gasteiger partial charge in [0.2, 0.25) is 11.7 Å². The maximum absolute atomic E-state index is 13.0. The lowest BCUT2D eigenvalue weighted by Crippen LogP contribution is -2.07. The molecule has 0 spiro atoms. The van der Waals surface area contributed by atoms with Gasteiger partial charge in [0.05, 0.1) is 6.61 Å². The molecule has 2 aromatic rings. The Morgan fingerprint density at radius 3 is 2.84 bits per heavy atom. The Kier molecular flexibility index (Phi) is 3.84. The molecule has 2 rings (SSSR count). The van der Waals surface area contributed by atoms with E-state index in [2.05, 4.69) is 10.1 Å². The number of carbonyl (C=O) groups is 1. The zero-order valence-electron chi connectivity index (χ0n) is 10.0. The van der Waals surface area contributed by atoms with Crippen LogP contribution in [0.4, 0.5) is 8.78 Å². The monoisotopic (exact) mass is 268 g/mol. The number of rotatable bonds is 4. The molecule has 0 saturated carbocycles. The quantitative estimate of drug-likeness (QED) is 0.795. The van der Waals surface area contributed by atoms with Crippen molar-refractivity contribution in [2.45, 2.75) is 13.3 Å². The predicted octanol–water partition coefficient (Wildman–Crippen LogP) is 2.12. The van der Waals surface area contributed by atoms with Gasteiger partial charge in [0, 0.05) is 5.56 Å². The SMILES string of the molecule is CCOC(=O)Cc1nc(-c2ccc(F)c(F)c2)no1. The number of hydrogen-bond donors (Lipinski definition) is 0. The van der Waals surface area contributed by atoms with Crippen LogP contribution in [0.15, 0.2) is 22.7 Å². The average molecular weight is 268 g/mol. The maximum Gasteiger partial charge on any atom is 0.315 e. The Hall–Kier alpha value is -2.31. The Morgan fingerprint density at radius 2 is 2.16 bits per heavy atom. The highest BCUT2D eigenvalue weighted by atomic mass is 19.2. The van der Waals surface area contributed by atoms with Gasteiger partial charge >= 0.3 is 5.97 Å². The summed E-state index contributed by atoms with van der Waals surface area (Å²) in [5.41, 5.74) is 0.262. The standard InChI is InChI=1S/C12H10F2N2O3/c1-2-18-11(17)6-10-15-12(16-19-10)7-3-4-8(13)9(14)5-7/h3-5H,2,6H2,1H3. The zero-order chi connectivity index (χ0) is 13.8. The van der Waals surface area contributed by atoms with E-state index < -0.39 is 17.6 Å². The molecule has 1 aromatic heterocycles. The second-order valence-electron chi connectivity index (χ2n) is 3.62. The van der Waals surface area contributed by atoms with Crippen LogP contribution >= 0.6 is 0 Å². The summed E-state index contributed by atoms with van der Waals surface area (Å²) in [5, 5.41) is 3.59. The highest BCUT2D eigenvalue weighted by Gasteiger charge is 2.14. The number of nitrogens with zero attached hydrogens (tertiary/aromatic N) is 2. The summed E-state index contributed by atoms with van der Waals surface area (Å²) in [6.07, 6.45) is -0.162. The lowest BCUT2D eigenvalue weighted by Gasteiger charge is -1.96. The highest BCUT2D eigenvalue weighted by molar-refractivity contribution is 5.71. The third-order valence-corrected chi connectivity index (χ3v) is 2.25. The third kappa shape index (κ3) is 3.12. The van der Waals surface area contributed by atoms with Gasteiger partial charge in [-0.05, 0) is 25.1 Å². The molecule has 1 aromatic carbocycles. The molecular formula is C12H10F2N2O3. The molecule has 19 heavy (non-hydrogen) atoms. The molecule has 0 amide bonds. The van der Waals surface area contributed by atoms with Gasteiger partial charge in [-0.2, -0.15) is 4.98 Å². The fourth-order valence-corrected chi connectivity index (χ4v) is 1.41. The van der Waals surface area contributed by atoms with Crippen molar-refractivity contribution < 1.29 is 22.8 Å². The highest BCUT2D eigenvalue weighted by Crippen LogP contribution is 2.18. The summed E-state index contributed by atoms with van der Waals surface area (Å²) in [4.78, 5) is 15.1. The first-order valence-corrected chi connectivity index (χ1v) is 5.53. The topological polar surface area (TPSA) is 65.2 Å². The molecule has 0 saturated heterocycles. The number of benzene rings is 1. The minimum atomic E-state index is -1.01. The maximum atomic E-state index is 13.0. The number of carbonyl (C=O) groups excluding carboxylic acids is 1. The number of halogens is 2. The molecular weight excluding hydrogens is 258 g/mol. The van der Waals surface area contributed by atoms with Gasteiger partial charge < -0.3 is 9.26 Å². The van der Waals surface area contributed by atoms with Crippen LogP contribution in [-0.4, -0.2) is 22.7 Å². The van der Waals surface area contributed by atoms with E-state index in [-0.39, 0.29) is 30.3 Å². The number of aromatic nitrogens is 2. The van der Waals surface area contributed by atoms with Gasteiger partial charge in [-0.3, -0.25) is 4.79 Å². The Bertz CT molecular complexity index is 598. The van der Waals surface area contributed by atoms with Crippen molar-refractivity contribution in [3.63, 3.8) is 0 Å². The second-order valence-corrected chi connectivity index (χ2v) is 3.62. The van der Waals surface area contributed by atoms with E-state index in [1.54, 1.807) is 6.92 Å².